The van der Waals surface area contributed by atoms with E-state index in [1.165, 1.54) is 6.07 Å². The molecule has 2 heterocycles. The van der Waals surface area contributed by atoms with Gasteiger partial charge in [-0.25, -0.2) is 0 Å². The molecule has 0 fully saturated rings. The molecule has 19 heavy (non-hydrogen) atoms. The van der Waals surface area contributed by atoms with Crippen LogP contribution < -0.4 is 5.73 Å². The molecule has 0 aliphatic rings. The third-order valence-electron chi connectivity index (χ3n) is 2.40. The monoisotopic (exact) mass is 292 g/mol. The first-order valence-corrected chi connectivity index (χ1v) is 5.22. The Morgan fingerprint density at radius 3 is 2.42 bits per heavy atom. The highest BCUT2D eigenvalue weighted by molar-refractivity contribution is 5.85. The van der Waals surface area contributed by atoms with Crippen LogP contribution >= 0.6 is 12.4 Å². The summed E-state index contributed by atoms with van der Waals surface area (Å²) in [5.74, 6) is 0. The van der Waals surface area contributed by atoms with Gasteiger partial charge < -0.3 is 5.73 Å². The van der Waals surface area contributed by atoms with E-state index in [0.717, 1.165) is 17.8 Å². The molecule has 0 atom stereocenters. The van der Waals surface area contributed by atoms with E-state index >= 15 is 0 Å². The number of aromatic nitrogens is 3. The van der Waals surface area contributed by atoms with E-state index in [9.17, 15) is 13.2 Å². The second-order valence-corrected chi connectivity index (χ2v) is 3.79. The van der Waals surface area contributed by atoms with Crippen molar-refractivity contribution in [1.29, 1.82) is 0 Å². The predicted octanol–water partition coefficient (Wildman–Crippen LogP) is 2.23. The number of pyridine rings is 1. The van der Waals surface area contributed by atoms with Crippen molar-refractivity contribution in [2.75, 3.05) is 0 Å². The Morgan fingerprint density at radius 1 is 1.21 bits per heavy atom. The highest BCUT2D eigenvalue weighted by atomic mass is 35.5. The molecule has 4 nitrogen and oxygen atoms in total. The van der Waals surface area contributed by atoms with Crippen LogP contribution in [0.1, 0.15) is 16.8 Å². The standard InChI is InChI=1S/C11H11F3N4.ClH/c12-11(13,14)9-1-2-10(16-5-9)7-18-6-8(3-15)4-17-18;/h1-2,4-6H,3,7,15H2;1H. The maximum absolute atomic E-state index is 12.3. The minimum Gasteiger partial charge on any atom is -0.326 e. The quantitative estimate of drug-likeness (QED) is 0.944. The van der Waals surface area contributed by atoms with Gasteiger partial charge in [0, 0.05) is 24.5 Å². The zero-order valence-electron chi connectivity index (χ0n) is 9.76. The SMILES string of the molecule is Cl.NCc1cnn(Cc2ccc(C(F)(F)F)cn2)c1. The minimum absolute atomic E-state index is 0. The summed E-state index contributed by atoms with van der Waals surface area (Å²) in [5.41, 5.74) is 6.05. The van der Waals surface area contributed by atoms with Crippen LogP contribution in [-0.4, -0.2) is 14.8 Å². The van der Waals surface area contributed by atoms with Crippen molar-refractivity contribution in [3.05, 3.63) is 47.5 Å². The van der Waals surface area contributed by atoms with Gasteiger partial charge in [-0.1, -0.05) is 0 Å². The van der Waals surface area contributed by atoms with Gasteiger partial charge in [0.1, 0.15) is 0 Å². The fraction of sp³-hybridized carbons (Fsp3) is 0.273. The molecular formula is C11H12ClF3N4. The van der Waals surface area contributed by atoms with E-state index in [-0.39, 0.29) is 12.4 Å². The lowest BCUT2D eigenvalue weighted by molar-refractivity contribution is -0.137. The van der Waals surface area contributed by atoms with Crippen molar-refractivity contribution in [1.82, 2.24) is 14.8 Å². The Labute approximate surface area is 113 Å². The average molecular weight is 293 g/mol. The lowest BCUT2D eigenvalue weighted by Gasteiger charge is -2.06. The molecule has 8 heteroatoms. The first kappa shape index (κ1) is 15.5. The topological polar surface area (TPSA) is 56.7 Å². The second-order valence-electron chi connectivity index (χ2n) is 3.79. The summed E-state index contributed by atoms with van der Waals surface area (Å²) in [4.78, 5) is 3.76. The summed E-state index contributed by atoms with van der Waals surface area (Å²) in [5, 5.41) is 4.03. The Morgan fingerprint density at radius 2 is 1.95 bits per heavy atom. The average Bonchev–Trinajstić information content (AvgIpc) is 2.76. The smallest absolute Gasteiger partial charge is 0.326 e. The lowest BCUT2D eigenvalue weighted by Crippen LogP contribution is -2.07. The van der Waals surface area contributed by atoms with Crippen molar-refractivity contribution in [2.24, 2.45) is 5.73 Å². The number of rotatable bonds is 3. The summed E-state index contributed by atoms with van der Waals surface area (Å²) < 4.78 is 38.6. The zero-order chi connectivity index (χ0) is 13.2. The molecule has 2 rings (SSSR count). The summed E-state index contributed by atoms with van der Waals surface area (Å²) in [6, 6.07) is 2.35. The van der Waals surface area contributed by atoms with Crippen molar-refractivity contribution >= 4 is 12.4 Å². The van der Waals surface area contributed by atoms with Gasteiger partial charge in [0.25, 0.3) is 0 Å². The van der Waals surface area contributed by atoms with Gasteiger partial charge in [0.2, 0.25) is 0 Å². The van der Waals surface area contributed by atoms with Crippen LogP contribution in [0.5, 0.6) is 0 Å². The van der Waals surface area contributed by atoms with Crippen molar-refractivity contribution in [2.45, 2.75) is 19.3 Å². The molecule has 0 bridgehead atoms. The lowest BCUT2D eigenvalue weighted by atomic mass is 10.2. The van der Waals surface area contributed by atoms with Crippen molar-refractivity contribution in [3.63, 3.8) is 0 Å². The Bertz CT molecular complexity index is 521. The van der Waals surface area contributed by atoms with Gasteiger partial charge in [-0.2, -0.15) is 18.3 Å². The fourth-order valence-electron chi connectivity index (χ4n) is 1.45. The van der Waals surface area contributed by atoms with E-state index in [4.69, 9.17) is 5.73 Å². The second kappa shape index (κ2) is 6.03. The van der Waals surface area contributed by atoms with Gasteiger partial charge in [0.15, 0.2) is 0 Å². The highest BCUT2D eigenvalue weighted by Gasteiger charge is 2.30. The van der Waals surface area contributed by atoms with Crippen molar-refractivity contribution < 1.29 is 13.2 Å². The van der Waals surface area contributed by atoms with E-state index in [1.807, 2.05) is 0 Å². The van der Waals surface area contributed by atoms with Crippen LogP contribution in [0.4, 0.5) is 13.2 Å². The van der Waals surface area contributed by atoms with Crippen LogP contribution in [0.3, 0.4) is 0 Å². The summed E-state index contributed by atoms with van der Waals surface area (Å²) >= 11 is 0. The molecule has 0 aromatic carbocycles. The first-order valence-electron chi connectivity index (χ1n) is 5.22. The summed E-state index contributed by atoms with van der Waals surface area (Å²) in [7, 11) is 0. The Hall–Kier alpha value is -1.60. The van der Waals surface area contributed by atoms with Crippen LogP contribution in [0.25, 0.3) is 0 Å². The molecule has 0 saturated carbocycles. The molecule has 104 valence electrons. The molecule has 0 aliphatic heterocycles. The molecular weight excluding hydrogens is 281 g/mol. The molecule has 0 saturated heterocycles. The zero-order valence-corrected chi connectivity index (χ0v) is 10.6. The van der Waals surface area contributed by atoms with Gasteiger partial charge in [-0.3, -0.25) is 9.67 Å². The van der Waals surface area contributed by atoms with Crippen LogP contribution in [-0.2, 0) is 19.3 Å². The normalized spacial score (nSPS) is 11.2. The number of nitrogens with two attached hydrogens (primary N) is 1. The van der Waals surface area contributed by atoms with E-state index in [0.29, 0.717) is 18.8 Å². The molecule has 0 spiro atoms. The van der Waals surface area contributed by atoms with Crippen molar-refractivity contribution in [3.8, 4) is 0 Å². The van der Waals surface area contributed by atoms with E-state index < -0.39 is 11.7 Å². The Balaban J connectivity index is 0.00000180. The molecule has 0 aliphatic carbocycles. The highest BCUT2D eigenvalue weighted by Crippen LogP contribution is 2.28. The largest absolute Gasteiger partial charge is 0.417 e. The summed E-state index contributed by atoms with van der Waals surface area (Å²) in [6.45, 7) is 0.693. The predicted molar refractivity (Wildman–Crippen MR) is 65.7 cm³/mol. The molecule has 0 amide bonds. The maximum Gasteiger partial charge on any atom is 0.417 e. The Kier molecular flexibility index (Phi) is 4.90. The van der Waals surface area contributed by atoms with Gasteiger partial charge in [-0.15, -0.1) is 12.4 Å². The number of hydrogen-bond donors (Lipinski definition) is 1. The van der Waals surface area contributed by atoms with Crippen LogP contribution in [0.15, 0.2) is 30.7 Å². The summed E-state index contributed by atoms with van der Waals surface area (Å²) in [6.07, 6.45) is -0.184. The third-order valence-corrected chi connectivity index (χ3v) is 2.40. The number of hydrogen-bond acceptors (Lipinski definition) is 3. The third kappa shape index (κ3) is 3.93. The molecule has 2 aromatic heterocycles. The fourth-order valence-corrected chi connectivity index (χ4v) is 1.45. The van der Waals surface area contributed by atoms with Gasteiger partial charge >= 0.3 is 6.18 Å². The van der Waals surface area contributed by atoms with E-state index in [2.05, 4.69) is 10.1 Å². The van der Waals surface area contributed by atoms with Crippen LogP contribution in [0, 0.1) is 0 Å². The van der Waals surface area contributed by atoms with E-state index in [1.54, 1.807) is 17.1 Å². The minimum atomic E-state index is -4.36. The molecule has 0 radical (unpaired) electrons. The number of halogens is 4. The molecule has 2 aromatic rings. The maximum atomic E-state index is 12.3. The number of alkyl halides is 3. The van der Waals surface area contributed by atoms with Gasteiger partial charge in [0.05, 0.1) is 24.0 Å². The van der Waals surface area contributed by atoms with Crippen LogP contribution in [0.2, 0.25) is 0 Å². The molecule has 2 N–H and O–H groups in total. The van der Waals surface area contributed by atoms with Gasteiger partial charge in [-0.05, 0) is 12.1 Å². The molecule has 0 unspecified atom stereocenters. The number of nitrogens with zero attached hydrogens (tertiary/aromatic N) is 3. The first-order chi connectivity index (χ1) is 8.49.